The monoisotopic (exact) mass is 213 g/mol. The molecule has 0 aromatic carbocycles. The molecule has 82 valence electrons. The van der Waals surface area contributed by atoms with Crippen molar-refractivity contribution < 1.29 is 9.53 Å². The van der Waals surface area contributed by atoms with E-state index in [1.165, 1.54) is 19.4 Å². The number of ether oxygens (including phenoxy) is 1. The molecule has 3 N–H and O–H groups in total. The zero-order valence-corrected chi connectivity index (χ0v) is 8.10. The number of methoxy groups -OCH3 is 1. The summed E-state index contributed by atoms with van der Waals surface area (Å²) in [6, 6.07) is 0.240. The van der Waals surface area contributed by atoms with Crippen LogP contribution >= 0.6 is 0 Å². The third-order valence-corrected chi connectivity index (χ3v) is 1.79. The number of nitrogens with zero attached hydrogens (tertiary/aromatic N) is 1. The Morgan fingerprint density at radius 2 is 2.33 bits per heavy atom. The number of aromatic nitrogens is 2. The summed E-state index contributed by atoms with van der Waals surface area (Å²) in [5.74, 6) is -0.617. The van der Waals surface area contributed by atoms with Gasteiger partial charge in [0.25, 0.3) is 5.56 Å². The van der Waals surface area contributed by atoms with E-state index in [0.29, 0.717) is 0 Å². The Bertz CT molecular complexity index is 461. The molecule has 1 heterocycles. The largest absolute Gasteiger partial charge is 0.468 e. The highest BCUT2D eigenvalue weighted by molar-refractivity contribution is 5.75. The van der Waals surface area contributed by atoms with Gasteiger partial charge in [0.15, 0.2) is 0 Å². The standard InChI is InChI=1S/C8H11N3O4/c1-15-7(13)5(9)4-11-3-2-6(12)10-8(11)14/h2-3,5H,4,9H2,1H3,(H,10,12,14). The quantitative estimate of drug-likeness (QED) is 0.567. The van der Waals surface area contributed by atoms with Gasteiger partial charge in [0.05, 0.1) is 13.7 Å². The first-order chi connectivity index (χ1) is 7.04. The van der Waals surface area contributed by atoms with E-state index in [0.717, 1.165) is 4.57 Å². The second kappa shape index (κ2) is 4.56. The highest BCUT2D eigenvalue weighted by Gasteiger charge is 2.14. The van der Waals surface area contributed by atoms with Gasteiger partial charge in [-0.25, -0.2) is 4.79 Å². The van der Waals surface area contributed by atoms with Crippen LogP contribution in [0.2, 0.25) is 0 Å². The number of esters is 1. The number of nitrogens with two attached hydrogens (primary N) is 1. The van der Waals surface area contributed by atoms with Gasteiger partial charge in [0.1, 0.15) is 6.04 Å². The summed E-state index contributed by atoms with van der Waals surface area (Å²) in [6.45, 7) is -0.0394. The third kappa shape index (κ3) is 2.78. The second-order valence-corrected chi connectivity index (χ2v) is 2.89. The third-order valence-electron chi connectivity index (χ3n) is 1.79. The number of hydrogen-bond acceptors (Lipinski definition) is 5. The van der Waals surface area contributed by atoms with Crippen LogP contribution in [0.25, 0.3) is 0 Å². The first-order valence-electron chi connectivity index (χ1n) is 4.18. The molecule has 1 unspecified atom stereocenters. The van der Waals surface area contributed by atoms with Gasteiger partial charge in [-0.2, -0.15) is 0 Å². The van der Waals surface area contributed by atoms with Crippen LogP contribution in [0.4, 0.5) is 0 Å². The van der Waals surface area contributed by atoms with E-state index in [2.05, 4.69) is 4.74 Å². The predicted molar refractivity (Wildman–Crippen MR) is 51.3 cm³/mol. The van der Waals surface area contributed by atoms with E-state index < -0.39 is 23.3 Å². The summed E-state index contributed by atoms with van der Waals surface area (Å²) in [6.07, 6.45) is 1.27. The molecule has 1 rings (SSSR count). The number of aromatic amines is 1. The van der Waals surface area contributed by atoms with E-state index in [9.17, 15) is 14.4 Å². The topological polar surface area (TPSA) is 107 Å². The Labute approximate surface area is 84.5 Å². The van der Waals surface area contributed by atoms with Crippen LogP contribution in [0.15, 0.2) is 21.9 Å². The van der Waals surface area contributed by atoms with Gasteiger partial charge in [-0.15, -0.1) is 0 Å². The van der Waals surface area contributed by atoms with Crippen LogP contribution in [0.5, 0.6) is 0 Å². The highest BCUT2D eigenvalue weighted by Crippen LogP contribution is 1.87. The molecule has 0 aliphatic rings. The average molecular weight is 213 g/mol. The number of hydrogen-bond donors (Lipinski definition) is 2. The number of nitrogens with one attached hydrogen (secondary N) is 1. The molecular weight excluding hydrogens is 202 g/mol. The summed E-state index contributed by atoms with van der Waals surface area (Å²) in [4.78, 5) is 34.9. The van der Waals surface area contributed by atoms with Gasteiger partial charge >= 0.3 is 11.7 Å². The maximum absolute atomic E-state index is 11.2. The lowest BCUT2D eigenvalue weighted by Gasteiger charge is -2.10. The Morgan fingerprint density at radius 3 is 2.87 bits per heavy atom. The van der Waals surface area contributed by atoms with Gasteiger partial charge in [0.2, 0.25) is 0 Å². The normalized spacial score (nSPS) is 12.1. The lowest BCUT2D eigenvalue weighted by atomic mass is 10.3. The van der Waals surface area contributed by atoms with E-state index in [1.54, 1.807) is 0 Å². The van der Waals surface area contributed by atoms with E-state index in [-0.39, 0.29) is 6.54 Å². The zero-order valence-electron chi connectivity index (χ0n) is 8.10. The number of rotatable bonds is 3. The van der Waals surface area contributed by atoms with Crippen molar-refractivity contribution in [3.63, 3.8) is 0 Å². The Hall–Kier alpha value is -1.89. The summed E-state index contributed by atoms with van der Waals surface area (Å²) in [5.41, 5.74) is 4.33. The first-order valence-corrected chi connectivity index (χ1v) is 4.18. The van der Waals surface area contributed by atoms with Gasteiger partial charge in [-0.1, -0.05) is 0 Å². The molecule has 1 atom stereocenters. The fourth-order valence-corrected chi connectivity index (χ4v) is 1.03. The molecule has 0 aliphatic carbocycles. The molecular formula is C8H11N3O4. The van der Waals surface area contributed by atoms with Crippen molar-refractivity contribution in [3.05, 3.63) is 33.1 Å². The summed E-state index contributed by atoms with van der Waals surface area (Å²) < 4.78 is 5.52. The van der Waals surface area contributed by atoms with E-state index >= 15 is 0 Å². The molecule has 1 aromatic rings. The van der Waals surface area contributed by atoms with Crippen LogP contribution < -0.4 is 17.0 Å². The maximum atomic E-state index is 11.2. The van der Waals surface area contributed by atoms with Crippen molar-refractivity contribution in [3.8, 4) is 0 Å². The smallest absolute Gasteiger partial charge is 0.328 e. The average Bonchev–Trinajstić information content (AvgIpc) is 2.20. The number of carbonyl (C=O) groups is 1. The Morgan fingerprint density at radius 1 is 1.67 bits per heavy atom. The van der Waals surface area contributed by atoms with E-state index in [4.69, 9.17) is 5.73 Å². The molecule has 0 saturated heterocycles. The summed E-state index contributed by atoms with van der Waals surface area (Å²) >= 11 is 0. The fraction of sp³-hybridized carbons (Fsp3) is 0.375. The molecule has 1 aromatic heterocycles. The van der Waals surface area contributed by atoms with Crippen molar-refractivity contribution in [2.45, 2.75) is 12.6 Å². The van der Waals surface area contributed by atoms with Gasteiger partial charge in [0, 0.05) is 12.3 Å². The molecule has 0 radical (unpaired) electrons. The number of carbonyl (C=O) groups excluding carboxylic acids is 1. The lowest BCUT2D eigenvalue weighted by molar-refractivity contribution is -0.142. The van der Waals surface area contributed by atoms with Crippen LogP contribution in [-0.4, -0.2) is 28.7 Å². The van der Waals surface area contributed by atoms with Crippen molar-refractivity contribution in [2.24, 2.45) is 5.73 Å². The molecule has 7 nitrogen and oxygen atoms in total. The maximum Gasteiger partial charge on any atom is 0.328 e. The predicted octanol–water partition coefficient (Wildman–Crippen LogP) is -1.96. The summed E-state index contributed by atoms with van der Waals surface area (Å²) in [7, 11) is 1.21. The zero-order chi connectivity index (χ0) is 11.4. The van der Waals surface area contributed by atoms with Crippen molar-refractivity contribution in [1.82, 2.24) is 9.55 Å². The molecule has 0 aliphatic heterocycles. The van der Waals surface area contributed by atoms with Crippen LogP contribution in [0, 0.1) is 0 Å². The minimum atomic E-state index is -0.932. The molecule has 0 fully saturated rings. The van der Waals surface area contributed by atoms with Crippen LogP contribution in [0.3, 0.4) is 0 Å². The van der Waals surface area contributed by atoms with Crippen molar-refractivity contribution in [1.29, 1.82) is 0 Å². The Balaban J connectivity index is 2.86. The molecule has 7 heteroatoms. The molecule has 15 heavy (non-hydrogen) atoms. The highest BCUT2D eigenvalue weighted by atomic mass is 16.5. The second-order valence-electron chi connectivity index (χ2n) is 2.89. The molecule has 0 saturated carbocycles. The first kappa shape index (κ1) is 11.2. The van der Waals surface area contributed by atoms with Crippen LogP contribution in [0.1, 0.15) is 0 Å². The molecule has 0 bridgehead atoms. The minimum Gasteiger partial charge on any atom is -0.468 e. The van der Waals surface area contributed by atoms with Crippen molar-refractivity contribution in [2.75, 3.05) is 7.11 Å². The van der Waals surface area contributed by atoms with E-state index in [1.807, 2.05) is 4.98 Å². The van der Waals surface area contributed by atoms with Gasteiger partial charge < -0.3 is 10.5 Å². The van der Waals surface area contributed by atoms with Crippen LogP contribution in [-0.2, 0) is 16.1 Å². The SMILES string of the molecule is COC(=O)C(N)Cn1ccc(=O)[nH]c1=O. The number of H-pyrrole nitrogens is 1. The van der Waals surface area contributed by atoms with Gasteiger partial charge in [-0.05, 0) is 0 Å². The summed E-state index contributed by atoms with van der Waals surface area (Å²) in [5, 5.41) is 0. The molecule has 0 amide bonds. The molecule has 0 spiro atoms. The minimum absolute atomic E-state index is 0.0394. The lowest BCUT2D eigenvalue weighted by Crippen LogP contribution is -2.40. The van der Waals surface area contributed by atoms with Gasteiger partial charge in [-0.3, -0.25) is 19.1 Å². The Kier molecular flexibility index (Phi) is 3.40. The van der Waals surface area contributed by atoms with Crippen molar-refractivity contribution >= 4 is 5.97 Å². The fourth-order valence-electron chi connectivity index (χ4n) is 1.03.